The fourth-order valence-electron chi connectivity index (χ4n) is 0.664. The van der Waals surface area contributed by atoms with Gasteiger partial charge in [0, 0.05) is 0 Å². The van der Waals surface area contributed by atoms with Crippen LogP contribution in [0.25, 0.3) is 0 Å². The SMILES string of the molecule is N#Cc1ccc(F)c(Cl)c1N. The van der Waals surface area contributed by atoms with E-state index < -0.39 is 5.82 Å². The molecular weight excluding hydrogens is 167 g/mol. The van der Waals surface area contributed by atoms with Crippen LogP contribution in [0.15, 0.2) is 12.1 Å². The second-order valence-corrected chi connectivity index (χ2v) is 2.31. The number of hydrogen-bond donors (Lipinski definition) is 1. The standard InChI is InChI=1S/C7H4ClFN2/c8-6-5(9)2-1-4(3-10)7(6)11/h1-2H,11H2. The first kappa shape index (κ1) is 7.83. The Labute approximate surface area is 68.0 Å². The van der Waals surface area contributed by atoms with Gasteiger partial charge in [0.05, 0.1) is 11.3 Å². The Hall–Kier alpha value is -1.27. The Morgan fingerprint density at radius 1 is 1.55 bits per heavy atom. The summed E-state index contributed by atoms with van der Waals surface area (Å²) in [5.41, 5.74) is 5.49. The summed E-state index contributed by atoms with van der Waals surface area (Å²) in [5.74, 6) is -0.608. The average molecular weight is 171 g/mol. The summed E-state index contributed by atoms with van der Waals surface area (Å²) in [7, 11) is 0. The van der Waals surface area contributed by atoms with E-state index in [-0.39, 0.29) is 16.3 Å². The highest BCUT2D eigenvalue weighted by molar-refractivity contribution is 6.33. The predicted molar refractivity (Wildman–Crippen MR) is 40.5 cm³/mol. The van der Waals surface area contributed by atoms with E-state index in [2.05, 4.69) is 0 Å². The number of nitrogens with two attached hydrogens (primary N) is 1. The van der Waals surface area contributed by atoms with Crippen molar-refractivity contribution in [1.29, 1.82) is 5.26 Å². The van der Waals surface area contributed by atoms with Gasteiger partial charge in [0.25, 0.3) is 0 Å². The van der Waals surface area contributed by atoms with Gasteiger partial charge in [0.2, 0.25) is 0 Å². The van der Waals surface area contributed by atoms with Crippen LogP contribution >= 0.6 is 11.6 Å². The van der Waals surface area contributed by atoms with Gasteiger partial charge >= 0.3 is 0 Å². The first-order chi connectivity index (χ1) is 5.16. The maximum Gasteiger partial charge on any atom is 0.143 e. The van der Waals surface area contributed by atoms with Crippen LogP contribution in [0, 0.1) is 17.1 Å². The minimum atomic E-state index is -0.608. The fourth-order valence-corrected chi connectivity index (χ4v) is 0.829. The third-order valence-electron chi connectivity index (χ3n) is 1.25. The second kappa shape index (κ2) is 2.77. The first-order valence-corrected chi connectivity index (χ1v) is 3.18. The molecule has 0 aliphatic heterocycles. The molecular formula is C7H4ClFN2. The molecule has 0 unspecified atom stereocenters. The van der Waals surface area contributed by atoms with Gasteiger partial charge in [-0.2, -0.15) is 5.26 Å². The van der Waals surface area contributed by atoms with E-state index in [9.17, 15) is 4.39 Å². The van der Waals surface area contributed by atoms with Crippen molar-refractivity contribution < 1.29 is 4.39 Å². The fraction of sp³-hybridized carbons (Fsp3) is 0. The van der Waals surface area contributed by atoms with Gasteiger partial charge < -0.3 is 5.73 Å². The molecule has 2 N–H and O–H groups in total. The summed E-state index contributed by atoms with van der Waals surface area (Å²) in [6.45, 7) is 0. The van der Waals surface area contributed by atoms with Crippen LogP contribution in [-0.2, 0) is 0 Å². The van der Waals surface area contributed by atoms with E-state index in [1.807, 2.05) is 0 Å². The molecule has 0 aromatic heterocycles. The number of nitrogens with zero attached hydrogens (tertiary/aromatic N) is 1. The Kier molecular flexibility index (Phi) is 1.97. The maximum atomic E-state index is 12.6. The first-order valence-electron chi connectivity index (χ1n) is 2.80. The van der Waals surface area contributed by atoms with Gasteiger partial charge in [0.1, 0.15) is 16.9 Å². The summed E-state index contributed by atoms with van der Waals surface area (Å²) < 4.78 is 12.6. The largest absolute Gasteiger partial charge is 0.396 e. The average Bonchev–Trinajstić information content (AvgIpc) is 2.01. The van der Waals surface area contributed by atoms with Crippen LogP contribution in [0.3, 0.4) is 0 Å². The molecule has 1 rings (SSSR count). The van der Waals surface area contributed by atoms with Crippen LogP contribution < -0.4 is 5.73 Å². The number of nitriles is 1. The third kappa shape index (κ3) is 1.26. The third-order valence-corrected chi connectivity index (χ3v) is 1.64. The minimum Gasteiger partial charge on any atom is -0.396 e. The number of hydrogen-bond acceptors (Lipinski definition) is 2. The lowest BCUT2D eigenvalue weighted by molar-refractivity contribution is 0.629. The molecule has 11 heavy (non-hydrogen) atoms. The molecule has 4 heteroatoms. The Morgan fingerprint density at radius 2 is 2.18 bits per heavy atom. The van der Waals surface area contributed by atoms with Crippen molar-refractivity contribution in [2.24, 2.45) is 0 Å². The Morgan fingerprint density at radius 3 is 2.73 bits per heavy atom. The van der Waals surface area contributed by atoms with Gasteiger partial charge in [-0.05, 0) is 12.1 Å². The number of rotatable bonds is 0. The van der Waals surface area contributed by atoms with E-state index >= 15 is 0 Å². The zero-order chi connectivity index (χ0) is 8.43. The van der Waals surface area contributed by atoms with Crippen molar-refractivity contribution in [2.45, 2.75) is 0 Å². The van der Waals surface area contributed by atoms with Crippen LogP contribution in [-0.4, -0.2) is 0 Å². The molecule has 1 aromatic rings. The molecule has 0 saturated heterocycles. The summed E-state index contributed by atoms with van der Waals surface area (Å²) in [6, 6.07) is 4.18. The van der Waals surface area contributed by atoms with E-state index in [1.54, 1.807) is 6.07 Å². The topological polar surface area (TPSA) is 49.8 Å². The molecule has 0 saturated carbocycles. The van der Waals surface area contributed by atoms with Crippen molar-refractivity contribution in [3.05, 3.63) is 28.5 Å². The minimum absolute atomic E-state index is 0.00540. The summed E-state index contributed by atoms with van der Waals surface area (Å²) in [4.78, 5) is 0. The molecule has 0 bridgehead atoms. The van der Waals surface area contributed by atoms with Crippen molar-refractivity contribution in [1.82, 2.24) is 0 Å². The molecule has 0 aliphatic rings. The number of benzene rings is 1. The molecule has 0 heterocycles. The van der Waals surface area contributed by atoms with Crippen LogP contribution in [0.5, 0.6) is 0 Å². The quantitative estimate of drug-likeness (QED) is 0.605. The zero-order valence-electron chi connectivity index (χ0n) is 5.44. The van der Waals surface area contributed by atoms with Crippen LogP contribution in [0.2, 0.25) is 5.02 Å². The van der Waals surface area contributed by atoms with Crippen molar-refractivity contribution in [2.75, 3.05) is 5.73 Å². The monoisotopic (exact) mass is 170 g/mol. The predicted octanol–water partition coefficient (Wildman–Crippen LogP) is 1.93. The lowest BCUT2D eigenvalue weighted by Crippen LogP contribution is -1.93. The van der Waals surface area contributed by atoms with Crippen molar-refractivity contribution in [3.63, 3.8) is 0 Å². The molecule has 0 aliphatic carbocycles. The van der Waals surface area contributed by atoms with Gasteiger partial charge in [-0.1, -0.05) is 11.6 Å². The van der Waals surface area contributed by atoms with Gasteiger partial charge in [0.15, 0.2) is 0 Å². The molecule has 0 fully saturated rings. The molecule has 56 valence electrons. The molecule has 1 aromatic carbocycles. The van der Waals surface area contributed by atoms with Crippen molar-refractivity contribution in [3.8, 4) is 6.07 Å². The summed E-state index contributed by atoms with van der Waals surface area (Å²) in [5, 5.41) is 8.23. The molecule has 0 amide bonds. The summed E-state index contributed by atoms with van der Waals surface area (Å²) >= 11 is 5.41. The van der Waals surface area contributed by atoms with Gasteiger partial charge in [-0.3, -0.25) is 0 Å². The molecule has 0 spiro atoms. The zero-order valence-corrected chi connectivity index (χ0v) is 6.19. The Bertz CT molecular complexity index is 330. The molecule has 2 nitrogen and oxygen atoms in total. The number of nitrogen functional groups attached to an aromatic ring is 1. The van der Waals surface area contributed by atoms with Crippen LogP contribution in [0.1, 0.15) is 5.56 Å². The van der Waals surface area contributed by atoms with Gasteiger partial charge in [-0.15, -0.1) is 0 Å². The smallest absolute Gasteiger partial charge is 0.143 e. The van der Waals surface area contributed by atoms with E-state index in [0.717, 1.165) is 6.07 Å². The Balaban J connectivity index is 3.40. The number of halogens is 2. The van der Waals surface area contributed by atoms with E-state index in [4.69, 9.17) is 22.6 Å². The van der Waals surface area contributed by atoms with Crippen molar-refractivity contribution >= 4 is 17.3 Å². The second-order valence-electron chi connectivity index (χ2n) is 1.93. The number of anilines is 1. The molecule has 0 atom stereocenters. The highest BCUT2D eigenvalue weighted by Crippen LogP contribution is 2.24. The normalized spacial score (nSPS) is 9.18. The molecule has 0 radical (unpaired) electrons. The lowest BCUT2D eigenvalue weighted by atomic mass is 10.2. The van der Waals surface area contributed by atoms with E-state index in [0.29, 0.717) is 0 Å². The van der Waals surface area contributed by atoms with E-state index in [1.165, 1.54) is 6.07 Å². The maximum absolute atomic E-state index is 12.6. The van der Waals surface area contributed by atoms with Crippen LogP contribution in [0.4, 0.5) is 10.1 Å². The summed E-state index contributed by atoms with van der Waals surface area (Å²) in [6.07, 6.45) is 0. The lowest BCUT2D eigenvalue weighted by Gasteiger charge is -1.99. The van der Waals surface area contributed by atoms with Gasteiger partial charge in [-0.25, -0.2) is 4.39 Å². The highest BCUT2D eigenvalue weighted by atomic mass is 35.5. The highest BCUT2D eigenvalue weighted by Gasteiger charge is 2.06.